The van der Waals surface area contributed by atoms with Crippen LogP contribution in [0.3, 0.4) is 0 Å². The van der Waals surface area contributed by atoms with Gasteiger partial charge in [0, 0.05) is 56.9 Å². The Balaban J connectivity index is 1.08. The van der Waals surface area contributed by atoms with E-state index in [4.69, 9.17) is 32.8 Å². The van der Waals surface area contributed by atoms with E-state index in [9.17, 15) is 33.6 Å². The Morgan fingerprint density at radius 3 is 2.03 bits per heavy atom. The predicted octanol–water partition coefficient (Wildman–Crippen LogP) is 6.13. The Morgan fingerprint density at radius 2 is 1.41 bits per heavy atom. The summed E-state index contributed by atoms with van der Waals surface area (Å²) in [5.41, 5.74) is 0.525. The van der Waals surface area contributed by atoms with Crippen LogP contribution in [0.4, 0.5) is 24.0 Å². The number of aromatic nitrogens is 1. The van der Waals surface area contributed by atoms with Gasteiger partial charge in [0.2, 0.25) is 0 Å². The Labute approximate surface area is 378 Å². The number of amides is 7. The van der Waals surface area contributed by atoms with Gasteiger partial charge in [-0.05, 0) is 41.0 Å². The Kier molecular flexibility index (Phi) is 14.3. The maximum absolute atomic E-state index is 14.9. The number of benzene rings is 3. The first-order chi connectivity index (χ1) is 31.9. The molecule has 20 heteroatoms. The molecule has 0 saturated carbocycles. The van der Waals surface area contributed by atoms with Crippen LogP contribution >= 0.6 is 0 Å². The number of likely N-dealkylation sites (N-methyl/N-ethyl adjacent to an activating group) is 2. The molecule has 2 aliphatic heterocycles. The van der Waals surface area contributed by atoms with Gasteiger partial charge in [-0.3, -0.25) is 14.6 Å². The molecular weight excluding hydrogens is 861 g/mol. The molecule has 7 amide bonds. The fraction of sp³-hybridized carbons (Fsp3) is 0.304. The van der Waals surface area contributed by atoms with Gasteiger partial charge in [-0.25, -0.2) is 33.8 Å². The third-order valence-electron chi connectivity index (χ3n) is 10.9. The second-order valence-electron chi connectivity index (χ2n) is 15.1. The van der Waals surface area contributed by atoms with Gasteiger partial charge in [-0.2, -0.15) is 0 Å². The molecule has 1 saturated heterocycles. The number of ether oxygens (including phenoxy) is 6. The average molecular weight is 907 g/mol. The number of furan rings is 1. The molecule has 20 nitrogen and oxygen atoms in total. The number of urea groups is 1. The summed E-state index contributed by atoms with van der Waals surface area (Å²) >= 11 is 0. The van der Waals surface area contributed by atoms with E-state index >= 15 is 0 Å². The van der Waals surface area contributed by atoms with Crippen molar-refractivity contribution in [1.82, 2.24) is 29.5 Å². The number of hydrogen-bond donors (Lipinski definition) is 0. The van der Waals surface area contributed by atoms with Crippen LogP contribution in [0, 0.1) is 0 Å². The lowest BCUT2D eigenvalue weighted by Gasteiger charge is -2.32. The molecule has 0 spiro atoms. The third kappa shape index (κ3) is 10.1. The molecule has 1 fully saturated rings. The number of pyridine rings is 1. The quantitative estimate of drug-likeness (QED) is 0.0583. The number of imide groups is 2. The number of rotatable bonds is 17. The van der Waals surface area contributed by atoms with Crippen molar-refractivity contribution in [2.24, 2.45) is 0 Å². The Morgan fingerprint density at radius 1 is 0.773 bits per heavy atom. The molecule has 0 radical (unpaired) electrons. The minimum Gasteiger partial charge on any atom is -0.497 e. The van der Waals surface area contributed by atoms with Gasteiger partial charge >= 0.3 is 30.5 Å². The van der Waals surface area contributed by atoms with Gasteiger partial charge in [0.05, 0.1) is 20.2 Å². The molecule has 0 unspecified atom stereocenters. The molecule has 344 valence electrons. The smallest absolute Gasteiger partial charge is 0.497 e. The van der Waals surface area contributed by atoms with E-state index < -0.39 is 61.7 Å². The Hall–Kier alpha value is -8.16. The highest BCUT2D eigenvalue weighted by Crippen LogP contribution is 2.44. The number of carbonyl (C=O) groups is 7. The second-order valence-corrected chi connectivity index (χ2v) is 15.1. The van der Waals surface area contributed by atoms with E-state index in [1.54, 1.807) is 66.7 Å². The fourth-order valence-corrected chi connectivity index (χ4v) is 7.23. The predicted molar refractivity (Wildman–Crippen MR) is 229 cm³/mol. The first-order valence-corrected chi connectivity index (χ1v) is 20.7. The third-order valence-corrected chi connectivity index (χ3v) is 10.9. The van der Waals surface area contributed by atoms with Crippen LogP contribution in [-0.2, 0) is 53.8 Å². The van der Waals surface area contributed by atoms with Crippen molar-refractivity contribution in [3.8, 4) is 5.75 Å². The molecular formula is C46H46N6O14. The van der Waals surface area contributed by atoms with Gasteiger partial charge in [-0.15, -0.1) is 0 Å². The van der Waals surface area contributed by atoms with Crippen molar-refractivity contribution in [2.75, 3.05) is 60.8 Å². The number of carbonyl (C=O) groups excluding carboxylic acids is 7. The number of methoxy groups -OCH3 is 1. The largest absolute Gasteiger partial charge is 0.510 e. The lowest BCUT2D eigenvalue weighted by Crippen LogP contribution is -2.52. The van der Waals surface area contributed by atoms with Crippen LogP contribution < -0.4 is 4.74 Å². The summed E-state index contributed by atoms with van der Waals surface area (Å²) in [4.78, 5) is 104. The molecule has 2 aromatic heterocycles. The normalized spacial score (nSPS) is 15.4. The lowest BCUT2D eigenvalue weighted by atomic mass is 9.89. The molecule has 0 aliphatic carbocycles. The van der Waals surface area contributed by atoms with Crippen molar-refractivity contribution < 1.29 is 66.4 Å². The Bertz CT molecular complexity index is 2560. The highest BCUT2D eigenvalue weighted by atomic mass is 16.7. The summed E-state index contributed by atoms with van der Waals surface area (Å²) in [6.45, 7) is -2.14. The standard InChI is InChI=1S/C46H46N6O14/c1-48(42(56)63-28-31-10-6-4-7-11-31)20-22-61-44(58)52-41(55)51(30-65-45(59)62-23-21-49(2)43(57)64-29-32-12-8-5-9-13-32)40(54)46(52,38-24-34-26-47-18-16-37(34)66-38)17-19-50-27-33-14-15-35(60-3)25-36(33)39(50)53/h4-16,18,24-26H,17,19-23,27-30H2,1-3H3/t46-/m0/s1. The lowest BCUT2D eigenvalue weighted by molar-refractivity contribution is -0.137. The summed E-state index contributed by atoms with van der Waals surface area (Å²) in [6.07, 6.45) is -1.52. The first kappa shape index (κ1) is 45.9. The van der Waals surface area contributed by atoms with Crippen molar-refractivity contribution in [3.05, 3.63) is 131 Å². The van der Waals surface area contributed by atoms with Crippen LogP contribution in [0.5, 0.6) is 5.75 Å². The fourth-order valence-electron chi connectivity index (χ4n) is 7.23. The average Bonchev–Trinajstić information content (AvgIpc) is 3.98. The maximum Gasteiger partial charge on any atom is 0.510 e. The highest BCUT2D eigenvalue weighted by Gasteiger charge is 2.64. The van der Waals surface area contributed by atoms with Crippen molar-refractivity contribution in [3.63, 3.8) is 0 Å². The van der Waals surface area contributed by atoms with Gasteiger partial charge in [-0.1, -0.05) is 66.7 Å². The van der Waals surface area contributed by atoms with Crippen molar-refractivity contribution >= 4 is 53.2 Å². The van der Waals surface area contributed by atoms with Gasteiger partial charge < -0.3 is 47.5 Å². The summed E-state index contributed by atoms with van der Waals surface area (Å²) < 4.78 is 38.1. The summed E-state index contributed by atoms with van der Waals surface area (Å²) in [7, 11) is 4.33. The summed E-state index contributed by atoms with van der Waals surface area (Å²) in [5.74, 6) is -1.17. The van der Waals surface area contributed by atoms with E-state index in [0.29, 0.717) is 32.1 Å². The van der Waals surface area contributed by atoms with Gasteiger partial charge in [0.15, 0.2) is 12.3 Å². The zero-order valence-electron chi connectivity index (χ0n) is 36.3. The molecule has 0 bridgehead atoms. The van der Waals surface area contributed by atoms with Crippen LogP contribution in [-0.4, -0.2) is 133 Å². The SMILES string of the molecule is COc1ccc2c(c1)C(=O)N(CC[C@]1(c3cc4cnccc4o3)C(=O)N(COC(=O)OCCN(C)C(=O)OCc3ccccc3)C(=O)N1C(=O)OCCN(C)C(=O)OCc1ccccc1)C2. The molecule has 2 aliphatic rings. The molecule has 7 rings (SSSR count). The topological polar surface area (TPSA) is 217 Å². The van der Waals surface area contributed by atoms with Crippen LogP contribution in [0.25, 0.3) is 11.0 Å². The van der Waals surface area contributed by atoms with E-state index in [-0.39, 0.29) is 63.3 Å². The van der Waals surface area contributed by atoms with E-state index in [0.717, 1.165) is 16.0 Å². The molecule has 1 atom stereocenters. The molecule has 5 aromatic rings. The van der Waals surface area contributed by atoms with E-state index in [1.165, 1.54) is 55.5 Å². The van der Waals surface area contributed by atoms with Crippen LogP contribution in [0.1, 0.15) is 39.2 Å². The van der Waals surface area contributed by atoms with Gasteiger partial charge in [0.1, 0.15) is 43.5 Å². The van der Waals surface area contributed by atoms with Gasteiger partial charge in [0.25, 0.3) is 11.8 Å². The second kappa shape index (κ2) is 20.6. The van der Waals surface area contributed by atoms with Crippen LogP contribution in [0.2, 0.25) is 0 Å². The number of fused-ring (bicyclic) bond motifs is 2. The number of hydrogen-bond acceptors (Lipinski definition) is 15. The van der Waals surface area contributed by atoms with Crippen molar-refractivity contribution in [2.45, 2.75) is 31.7 Å². The zero-order chi connectivity index (χ0) is 46.8. The molecule has 3 aromatic carbocycles. The first-order valence-electron chi connectivity index (χ1n) is 20.7. The van der Waals surface area contributed by atoms with E-state index in [2.05, 4.69) is 4.98 Å². The summed E-state index contributed by atoms with van der Waals surface area (Å²) in [6, 6.07) is 24.8. The monoisotopic (exact) mass is 906 g/mol. The minimum atomic E-state index is -2.32. The minimum absolute atomic E-state index is 0.00575. The van der Waals surface area contributed by atoms with E-state index in [1.807, 2.05) is 12.1 Å². The number of nitrogens with zero attached hydrogens (tertiary/aromatic N) is 6. The molecule has 66 heavy (non-hydrogen) atoms. The molecule has 0 N–H and O–H groups in total. The molecule has 4 heterocycles. The van der Waals surface area contributed by atoms with Crippen molar-refractivity contribution in [1.29, 1.82) is 0 Å². The summed E-state index contributed by atoms with van der Waals surface area (Å²) in [5, 5.41) is 0.417. The maximum atomic E-state index is 14.9. The zero-order valence-corrected chi connectivity index (χ0v) is 36.3. The highest BCUT2D eigenvalue weighted by molar-refractivity contribution is 6.13. The van der Waals surface area contributed by atoms with Crippen LogP contribution in [0.15, 0.2) is 108 Å².